The van der Waals surface area contributed by atoms with Gasteiger partial charge in [0, 0.05) is 20.1 Å². The molecule has 1 aliphatic carbocycles. The maximum atomic E-state index is 14.5. The molecule has 1 saturated carbocycles. The Balaban J connectivity index is 1.56. The van der Waals surface area contributed by atoms with Gasteiger partial charge in [-0.15, -0.1) is 0 Å². The Morgan fingerprint density at radius 2 is 1.96 bits per heavy atom. The Kier molecular flexibility index (Phi) is 6.54. The van der Waals surface area contributed by atoms with Gasteiger partial charge in [0.1, 0.15) is 17.4 Å². The Labute approximate surface area is 165 Å². The summed E-state index contributed by atoms with van der Waals surface area (Å²) in [6, 6.07) is 3.72. The number of ketones is 1. The second-order valence-electron chi connectivity index (χ2n) is 7.76. The van der Waals surface area contributed by atoms with E-state index in [2.05, 4.69) is 4.98 Å². The third-order valence-electron chi connectivity index (χ3n) is 5.26. The number of rotatable bonds is 8. The Morgan fingerprint density at radius 1 is 1.29 bits per heavy atom. The van der Waals surface area contributed by atoms with Crippen LogP contribution in [-0.2, 0) is 16.6 Å². The van der Waals surface area contributed by atoms with Crippen LogP contribution in [0.1, 0.15) is 46.0 Å². The Morgan fingerprint density at radius 3 is 2.61 bits per heavy atom. The molecule has 0 radical (unpaired) electrons. The fraction of sp³-hybridized carbons (Fsp3) is 0.619. The van der Waals surface area contributed by atoms with Crippen LogP contribution < -0.4 is 9.47 Å². The summed E-state index contributed by atoms with van der Waals surface area (Å²) in [4.78, 5) is 15.6. The normalized spacial score (nSPS) is 20.9. The minimum atomic E-state index is -0.429. The fourth-order valence-corrected chi connectivity index (χ4v) is 3.80. The maximum Gasteiger partial charge on any atom is 0.297 e. The van der Waals surface area contributed by atoms with E-state index in [0.29, 0.717) is 30.1 Å². The van der Waals surface area contributed by atoms with E-state index in [-0.39, 0.29) is 29.7 Å². The monoisotopic (exact) mass is 392 g/mol. The zero-order valence-electron chi connectivity index (χ0n) is 17.0. The third kappa shape index (κ3) is 4.63. The first kappa shape index (κ1) is 20.6. The van der Waals surface area contributed by atoms with Crippen molar-refractivity contribution in [2.75, 3.05) is 13.7 Å². The minimum absolute atomic E-state index is 0.0370. The average Bonchev–Trinajstić information content (AvgIpc) is 2.97. The number of benzene rings is 1. The third-order valence-corrected chi connectivity index (χ3v) is 5.26. The number of aryl methyl sites for hydroxylation is 1. The topological polar surface area (TPSA) is 62.6 Å². The van der Waals surface area contributed by atoms with Crippen LogP contribution in [0.15, 0.2) is 12.1 Å². The number of imidazole rings is 1. The predicted molar refractivity (Wildman–Crippen MR) is 104 cm³/mol. The van der Waals surface area contributed by atoms with Crippen LogP contribution in [0.5, 0.6) is 11.8 Å². The molecule has 2 aromatic rings. The molecular formula is C21H29FN2O4. The van der Waals surface area contributed by atoms with E-state index >= 15 is 0 Å². The van der Waals surface area contributed by atoms with Crippen molar-refractivity contribution in [3.8, 4) is 11.8 Å². The first-order chi connectivity index (χ1) is 13.4. The number of ether oxygens (including phenoxy) is 3. The first-order valence-corrected chi connectivity index (χ1v) is 9.85. The molecule has 0 bridgehead atoms. The lowest BCUT2D eigenvalue weighted by Crippen LogP contribution is -2.30. The lowest BCUT2D eigenvalue weighted by molar-refractivity contribution is -0.118. The standard InChI is InChI=1S/C21H29FN2O4/c1-13(11-14(2)25)12-27-15-5-7-16(8-6-15)28-21-23-17-9-10-18(26-4)19(22)20(17)24(21)3/h9-10,13,15-16H,5-8,11-12H2,1-4H3/t13-,15?,16?/m1/s1. The van der Waals surface area contributed by atoms with Crippen molar-refractivity contribution < 1.29 is 23.4 Å². The fourth-order valence-electron chi connectivity index (χ4n) is 3.80. The molecule has 0 amide bonds. The van der Waals surface area contributed by atoms with Gasteiger partial charge in [0.15, 0.2) is 11.6 Å². The van der Waals surface area contributed by atoms with E-state index in [1.54, 1.807) is 30.7 Å². The molecule has 0 saturated heterocycles. The van der Waals surface area contributed by atoms with Gasteiger partial charge >= 0.3 is 0 Å². The number of nitrogens with zero attached hydrogens (tertiary/aromatic N) is 2. The predicted octanol–water partition coefficient (Wildman–Crippen LogP) is 4.04. The van der Waals surface area contributed by atoms with Gasteiger partial charge in [-0.05, 0) is 50.7 Å². The summed E-state index contributed by atoms with van der Waals surface area (Å²) >= 11 is 0. The maximum absolute atomic E-state index is 14.5. The SMILES string of the molecule is COc1ccc2nc(OC3CCC(OC[C@H](C)CC(C)=O)CC3)n(C)c2c1F. The summed E-state index contributed by atoms with van der Waals surface area (Å²) in [6.07, 6.45) is 4.34. The second kappa shape index (κ2) is 8.90. The highest BCUT2D eigenvalue weighted by molar-refractivity contribution is 5.79. The summed E-state index contributed by atoms with van der Waals surface area (Å²) < 4.78 is 33.2. The van der Waals surface area contributed by atoms with Gasteiger partial charge in [-0.1, -0.05) is 6.92 Å². The van der Waals surface area contributed by atoms with E-state index in [1.807, 2.05) is 6.92 Å². The summed E-state index contributed by atoms with van der Waals surface area (Å²) in [7, 11) is 3.19. The number of aromatic nitrogens is 2. The summed E-state index contributed by atoms with van der Waals surface area (Å²) in [6.45, 7) is 4.26. The van der Waals surface area contributed by atoms with Crippen molar-refractivity contribution in [3.63, 3.8) is 0 Å². The van der Waals surface area contributed by atoms with Crippen LogP contribution >= 0.6 is 0 Å². The average molecular weight is 392 g/mol. The number of carbonyl (C=O) groups excluding carboxylic acids is 1. The molecule has 1 aromatic carbocycles. The summed E-state index contributed by atoms with van der Waals surface area (Å²) in [5.74, 6) is 0.212. The number of Topliss-reactive ketones (excluding diaryl/α,β-unsaturated/α-hetero) is 1. The molecular weight excluding hydrogens is 363 g/mol. The van der Waals surface area contributed by atoms with Gasteiger partial charge in [-0.2, -0.15) is 4.98 Å². The molecule has 1 atom stereocenters. The van der Waals surface area contributed by atoms with Crippen molar-refractivity contribution in [2.24, 2.45) is 13.0 Å². The van der Waals surface area contributed by atoms with Gasteiger partial charge in [0.05, 0.1) is 18.7 Å². The second-order valence-corrected chi connectivity index (χ2v) is 7.76. The first-order valence-electron chi connectivity index (χ1n) is 9.85. The molecule has 1 aliphatic rings. The Bertz CT molecular complexity index is 827. The van der Waals surface area contributed by atoms with Crippen LogP contribution in [0.2, 0.25) is 0 Å². The molecule has 0 spiro atoms. The molecule has 0 aliphatic heterocycles. The highest BCUT2D eigenvalue weighted by Gasteiger charge is 2.25. The molecule has 1 heterocycles. The van der Waals surface area contributed by atoms with Gasteiger partial charge in [-0.25, -0.2) is 4.39 Å². The number of methoxy groups -OCH3 is 1. The van der Waals surface area contributed by atoms with E-state index in [4.69, 9.17) is 14.2 Å². The largest absolute Gasteiger partial charge is 0.494 e. The Hall–Kier alpha value is -2.15. The number of carbonyl (C=O) groups is 1. The molecule has 28 heavy (non-hydrogen) atoms. The minimum Gasteiger partial charge on any atom is -0.494 e. The number of hydrogen-bond donors (Lipinski definition) is 0. The van der Waals surface area contributed by atoms with Crippen LogP contribution in [0, 0.1) is 11.7 Å². The molecule has 1 aromatic heterocycles. The van der Waals surface area contributed by atoms with Gasteiger partial charge in [0.25, 0.3) is 6.01 Å². The van der Waals surface area contributed by atoms with Crippen molar-refractivity contribution in [1.29, 1.82) is 0 Å². The number of hydrogen-bond acceptors (Lipinski definition) is 5. The van der Waals surface area contributed by atoms with Crippen LogP contribution in [-0.4, -0.2) is 41.3 Å². The van der Waals surface area contributed by atoms with E-state index < -0.39 is 5.82 Å². The quantitative estimate of drug-likeness (QED) is 0.678. The van der Waals surface area contributed by atoms with E-state index in [1.165, 1.54) is 7.11 Å². The van der Waals surface area contributed by atoms with Crippen molar-refractivity contribution >= 4 is 16.8 Å². The molecule has 3 rings (SSSR count). The highest BCUT2D eigenvalue weighted by atomic mass is 19.1. The van der Waals surface area contributed by atoms with Gasteiger partial charge < -0.3 is 19.0 Å². The lowest BCUT2D eigenvalue weighted by atomic mass is 9.95. The smallest absolute Gasteiger partial charge is 0.297 e. The number of halogens is 1. The zero-order chi connectivity index (χ0) is 20.3. The highest BCUT2D eigenvalue weighted by Crippen LogP contribution is 2.31. The summed E-state index contributed by atoms with van der Waals surface area (Å²) in [5, 5.41) is 0. The molecule has 0 N–H and O–H groups in total. The van der Waals surface area contributed by atoms with Gasteiger partial charge in [0.2, 0.25) is 0 Å². The molecule has 7 heteroatoms. The van der Waals surface area contributed by atoms with Crippen molar-refractivity contribution in [2.45, 2.75) is 58.2 Å². The molecule has 154 valence electrons. The van der Waals surface area contributed by atoms with E-state index in [9.17, 15) is 9.18 Å². The molecule has 6 nitrogen and oxygen atoms in total. The number of fused-ring (bicyclic) bond motifs is 1. The van der Waals surface area contributed by atoms with E-state index in [0.717, 1.165) is 25.7 Å². The lowest BCUT2D eigenvalue weighted by Gasteiger charge is -2.29. The van der Waals surface area contributed by atoms with Crippen molar-refractivity contribution in [3.05, 3.63) is 17.9 Å². The molecule has 0 unspecified atom stereocenters. The zero-order valence-corrected chi connectivity index (χ0v) is 17.0. The van der Waals surface area contributed by atoms with Crippen LogP contribution in [0.4, 0.5) is 4.39 Å². The molecule has 1 fully saturated rings. The summed E-state index contributed by atoms with van der Waals surface area (Å²) in [5.41, 5.74) is 0.929. The van der Waals surface area contributed by atoms with Crippen LogP contribution in [0.3, 0.4) is 0 Å². The van der Waals surface area contributed by atoms with Crippen molar-refractivity contribution in [1.82, 2.24) is 9.55 Å². The van der Waals surface area contributed by atoms with Crippen LogP contribution in [0.25, 0.3) is 11.0 Å². The van der Waals surface area contributed by atoms with Gasteiger partial charge in [-0.3, -0.25) is 4.57 Å².